The fourth-order valence-corrected chi connectivity index (χ4v) is 3.41. The molecule has 1 aromatic carbocycles. The zero-order valence-electron chi connectivity index (χ0n) is 11.2. The van der Waals surface area contributed by atoms with Crippen LogP contribution in [0.25, 0.3) is 0 Å². The number of carbonyl (C=O) groups is 1. The number of nitrogens with one attached hydrogen (secondary N) is 1. The Bertz CT molecular complexity index is 453. The maximum absolute atomic E-state index is 11.5. The predicted molar refractivity (Wildman–Crippen MR) is 85.0 cm³/mol. The summed E-state index contributed by atoms with van der Waals surface area (Å²) in [5, 5.41) is 3.09. The number of amides is 1. The molecular formula is C14H19IN2O2. The van der Waals surface area contributed by atoms with E-state index >= 15 is 0 Å². The molecule has 1 N–H and O–H groups in total. The van der Waals surface area contributed by atoms with Crippen molar-refractivity contribution in [2.45, 2.75) is 29.9 Å². The summed E-state index contributed by atoms with van der Waals surface area (Å²) >= 11 is 2.40. The Morgan fingerprint density at radius 1 is 1.58 bits per heavy atom. The molecule has 4 nitrogen and oxygen atoms in total. The van der Waals surface area contributed by atoms with E-state index in [0.29, 0.717) is 6.42 Å². The number of rotatable bonds is 4. The number of nitrogens with zero attached hydrogens (tertiary/aromatic N) is 1. The quantitative estimate of drug-likeness (QED) is 0.501. The molecule has 1 amide bonds. The average Bonchev–Trinajstić information content (AvgIpc) is 2.80. The van der Waals surface area contributed by atoms with Crippen LogP contribution in [0.1, 0.15) is 19.8 Å². The third-order valence-electron chi connectivity index (χ3n) is 3.36. The first-order valence-electron chi connectivity index (χ1n) is 6.50. The smallest absolute Gasteiger partial charge is 0.220 e. The normalized spacial score (nSPS) is 22.4. The highest BCUT2D eigenvalue weighted by atomic mass is 127. The number of carbonyl (C=O) groups excluding carboxylic acids is 1. The van der Waals surface area contributed by atoms with Gasteiger partial charge in [-0.1, -0.05) is 35.6 Å². The van der Waals surface area contributed by atoms with Gasteiger partial charge in [-0.15, -0.1) is 0 Å². The second kappa shape index (κ2) is 6.45. The van der Waals surface area contributed by atoms with Crippen LogP contribution in [0, 0.1) is 0 Å². The molecule has 1 aliphatic heterocycles. The Hall–Kier alpha value is -0.980. The van der Waals surface area contributed by atoms with E-state index < -0.39 is 0 Å². The van der Waals surface area contributed by atoms with Gasteiger partial charge in [0.15, 0.2) is 0 Å². The number of hydrogen-bond acceptors (Lipinski definition) is 3. The molecule has 1 aliphatic rings. The van der Waals surface area contributed by atoms with E-state index in [1.165, 1.54) is 0 Å². The first kappa shape index (κ1) is 14.4. The number of benzene rings is 1. The van der Waals surface area contributed by atoms with Gasteiger partial charge in [0.05, 0.1) is 13.2 Å². The summed E-state index contributed by atoms with van der Waals surface area (Å²) in [7, 11) is 1.68. The Morgan fingerprint density at radius 2 is 2.37 bits per heavy atom. The highest BCUT2D eigenvalue weighted by Gasteiger charge is 2.33. The number of halogens is 1. The molecule has 0 spiro atoms. The molecule has 1 saturated heterocycles. The van der Waals surface area contributed by atoms with Crippen molar-refractivity contribution in [1.82, 2.24) is 5.32 Å². The van der Waals surface area contributed by atoms with Crippen LogP contribution in [-0.4, -0.2) is 29.7 Å². The molecule has 5 heteroatoms. The van der Waals surface area contributed by atoms with Crippen molar-refractivity contribution >= 4 is 34.2 Å². The zero-order chi connectivity index (χ0) is 13.8. The van der Waals surface area contributed by atoms with E-state index in [0.717, 1.165) is 24.4 Å². The van der Waals surface area contributed by atoms with Gasteiger partial charge in [0.1, 0.15) is 9.80 Å². The minimum absolute atomic E-state index is 0.124. The molecule has 2 unspecified atom stereocenters. The molecule has 0 aromatic heterocycles. The molecule has 2 atom stereocenters. The first-order chi connectivity index (χ1) is 9.15. The van der Waals surface area contributed by atoms with Crippen molar-refractivity contribution in [3.63, 3.8) is 0 Å². The largest absolute Gasteiger partial charge is 0.497 e. The maximum atomic E-state index is 11.5. The van der Waals surface area contributed by atoms with E-state index in [1.54, 1.807) is 7.11 Å². The Labute approximate surface area is 127 Å². The van der Waals surface area contributed by atoms with Crippen LogP contribution < -0.4 is 15.0 Å². The van der Waals surface area contributed by atoms with Crippen LogP contribution >= 0.6 is 22.6 Å². The van der Waals surface area contributed by atoms with Crippen molar-refractivity contribution in [2.75, 3.05) is 18.6 Å². The van der Waals surface area contributed by atoms with Crippen molar-refractivity contribution in [3.8, 4) is 5.75 Å². The maximum Gasteiger partial charge on any atom is 0.220 e. The fourth-order valence-electron chi connectivity index (χ4n) is 2.27. The number of hydrogen-bond donors (Lipinski definition) is 1. The van der Waals surface area contributed by atoms with Crippen LogP contribution in [0.3, 0.4) is 0 Å². The molecule has 1 heterocycles. The molecule has 19 heavy (non-hydrogen) atoms. The van der Waals surface area contributed by atoms with E-state index in [4.69, 9.17) is 4.74 Å². The predicted octanol–water partition coefficient (Wildman–Crippen LogP) is 2.56. The minimum Gasteiger partial charge on any atom is -0.497 e. The van der Waals surface area contributed by atoms with E-state index in [1.807, 2.05) is 25.1 Å². The summed E-state index contributed by atoms with van der Waals surface area (Å²) in [5.74, 6) is 0.987. The molecule has 0 saturated carbocycles. The van der Waals surface area contributed by atoms with E-state index in [9.17, 15) is 4.79 Å². The Balaban J connectivity index is 2.08. The molecule has 0 bridgehead atoms. The number of methoxy groups -OCH3 is 1. The van der Waals surface area contributed by atoms with Gasteiger partial charge in [-0.2, -0.15) is 0 Å². The summed E-state index contributed by atoms with van der Waals surface area (Å²) in [5.41, 5.74) is 1.15. The summed E-state index contributed by atoms with van der Waals surface area (Å²) in [6, 6.07) is 8.28. The lowest BCUT2D eigenvalue weighted by Gasteiger charge is -2.25. The fraction of sp³-hybridized carbons (Fsp3) is 0.500. The second-order valence-electron chi connectivity index (χ2n) is 4.58. The van der Waals surface area contributed by atoms with Crippen LogP contribution in [0.15, 0.2) is 24.3 Å². The van der Waals surface area contributed by atoms with Crippen molar-refractivity contribution in [2.24, 2.45) is 0 Å². The summed E-state index contributed by atoms with van der Waals surface area (Å²) in [6.07, 6.45) is 1.52. The summed E-state index contributed by atoms with van der Waals surface area (Å²) in [4.78, 5) is 13.8. The van der Waals surface area contributed by atoms with Crippen molar-refractivity contribution in [1.29, 1.82) is 0 Å². The summed E-state index contributed by atoms with van der Waals surface area (Å²) in [6.45, 7) is 2.84. The lowest BCUT2D eigenvalue weighted by Crippen LogP contribution is -2.41. The lowest BCUT2D eigenvalue weighted by atomic mass is 10.2. The topological polar surface area (TPSA) is 41.6 Å². The third kappa shape index (κ3) is 3.32. The molecule has 0 aliphatic carbocycles. The van der Waals surface area contributed by atoms with Crippen LogP contribution in [0.2, 0.25) is 0 Å². The van der Waals surface area contributed by atoms with Crippen molar-refractivity contribution in [3.05, 3.63) is 24.3 Å². The van der Waals surface area contributed by atoms with Gasteiger partial charge in [0, 0.05) is 24.7 Å². The minimum atomic E-state index is 0.124. The standard InChI is InChI=1S/C14H19IN2O2/c1-3-13(18)16-12-7-8-17(14(12)15)10-5-4-6-11(9-10)19-2/h4-6,9,12,14H,3,7-8H2,1-2H3,(H,16,18). The molecule has 1 fully saturated rings. The molecular weight excluding hydrogens is 355 g/mol. The van der Waals surface area contributed by atoms with Gasteiger partial charge >= 0.3 is 0 Å². The Kier molecular flexibility index (Phi) is 4.90. The molecule has 104 valence electrons. The van der Waals surface area contributed by atoms with Gasteiger partial charge in [0.2, 0.25) is 5.91 Å². The van der Waals surface area contributed by atoms with Crippen LogP contribution in [0.4, 0.5) is 5.69 Å². The highest BCUT2D eigenvalue weighted by molar-refractivity contribution is 14.1. The number of alkyl halides is 1. The van der Waals surface area contributed by atoms with Gasteiger partial charge in [-0.05, 0) is 18.6 Å². The van der Waals surface area contributed by atoms with Crippen LogP contribution in [-0.2, 0) is 4.79 Å². The van der Waals surface area contributed by atoms with Gasteiger partial charge in [-0.25, -0.2) is 0 Å². The number of anilines is 1. The zero-order valence-corrected chi connectivity index (χ0v) is 13.4. The lowest BCUT2D eigenvalue weighted by molar-refractivity contribution is -0.121. The monoisotopic (exact) mass is 374 g/mol. The van der Waals surface area contributed by atoms with E-state index in [2.05, 4.69) is 38.9 Å². The molecule has 0 radical (unpaired) electrons. The van der Waals surface area contributed by atoms with E-state index in [-0.39, 0.29) is 16.0 Å². The first-order valence-corrected chi connectivity index (χ1v) is 7.74. The average molecular weight is 374 g/mol. The van der Waals surface area contributed by atoms with Crippen LogP contribution in [0.5, 0.6) is 5.75 Å². The molecule has 1 aromatic rings. The third-order valence-corrected chi connectivity index (χ3v) is 4.90. The highest BCUT2D eigenvalue weighted by Crippen LogP contribution is 2.31. The van der Waals surface area contributed by atoms with Gasteiger partial charge in [0.25, 0.3) is 0 Å². The van der Waals surface area contributed by atoms with Gasteiger partial charge in [-0.3, -0.25) is 4.79 Å². The second-order valence-corrected chi connectivity index (χ2v) is 5.86. The Morgan fingerprint density at radius 3 is 3.05 bits per heavy atom. The SMILES string of the molecule is CCC(=O)NC1CCN(c2cccc(OC)c2)C1I. The van der Waals surface area contributed by atoms with Crippen molar-refractivity contribution < 1.29 is 9.53 Å². The number of ether oxygens (including phenoxy) is 1. The van der Waals surface area contributed by atoms with Gasteiger partial charge < -0.3 is 15.0 Å². The summed E-state index contributed by atoms with van der Waals surface area (Å²) < 4.78 is 5.54. The molecule has 2 rings (SSSR count).